The van der Waals surface area contributed by atoms with Crippen LogP contribution in [0.2, 0.25) is 0 Å². The molecule has 1 aliphatic carbocycles. The summed E-state index contributed by atoms with van der Waals surface area (Å²) in [5.74, 6) is -0.449. The number of benzene rings is 1. The Balaban J connectivity index is 1.81. The first-order chi connectivity index (χ1) is 10.6. The number of nitrogens with zero attached hydrogens (tertiary/aromatic N) is 2. The molecule has 0 bridgehead atoms. The highest BCUT2D eigenvalue weighted by Gasteiger charge is 2.27. The summed E-state index contributed by atoms with van der Waals surface area (Å²) in [5, 5.41) is 9.77. The molecule has 3 rings (SSSR count). The van der Waals surface area contributed by atoms with Gasteiger partial charge in [-0.2, -0.15) is 0 Å². The molecule has 114 valence electrons. The molecule has 1 heterocycles. The summed E-state index contributed by atoms with van der Waals surface area (Å²) >= 11 is 0. The fourth-order valence-electron chi connectivity index (χ4n) is 2.51. The Morgan fingerprint density at radius 2 is 2.09 bits per heavy atom. The highest BCUT2D eigenvalue weighted by molar-refractivity contribution is 5.98. The van der Waals surface area contributed by atoms with Crippen molar-refractivity contribution in [2.75, 3.05) is 13.1 Å². The van der Waals surface area contributed by atoms with Crippen LogP contribution in [-0.4, -0.2) is 40.0 Å². The summed E-state index contributed by atoms with van der Waals surface area (Å²) in [7, 11) is 0. The SMILES string of the molecule is O=C(O)CCN(CC1CC1)C(=O)c1ccc2ncccc2c1. The number of fused-ring (bicyclic) bond motifs is 1. The average molecular weight is 298 g/mol. The minimum Gasteiger partial charge on any atom is -0.481 e. The maximum absolute atomic E-state index is 12.7. The van der Waals surface area contributed by atoms with E-state index in [9.17, 15) is 9.59 Å². The Bertz CT molecular complexity index is 710. The van der Waals surface area contributed by atoms with Crippen molar-refractivity contribution < 1.29 is 14.7 Å². The molecular weight excluding hydrogens is 280 g/mol. The monoisotopic (exact) mass is 298 g/mol. The molecule has 5 heteroatoms. The average Bonchev–Trinajstić information content (AvgIpc) is 3.34. The molecule has 1 aromatic carbocycles. The predicted octanol–water partition coefficient (Wildman–Crippen LogP) is 2.56. The molecule has 1 N–H and O–H groups in total. The van der Waals surface area contributed by atoms with Crippen molar-refractivity contribution in [2.24, 2.45) is 5.92 Å². The molecule has 1 aromatic heterocycles. The van der Waals surface area contributed by atoms with Crippen molar-refractivity contribution in [3.8, 4) is 0 Å². The number of rotatable bonds is 6. The van der Waals surface area contributed by atoms with E-state index in [1.165, 1.54) is 0 Å². The molecule has 22 heavy (non-hydrogen) atoms. The molecule has 1 amide bonds. The second-order valence-corrected chi connectivity index (χ2v) is 5.75. The normalized spacial score (nSPS) is 14.0. The lowest BCUT2D eigenvalue weighted by molar-refractivity contribution is -0.137. The largest absolute Gasteiger partial charge is 0.481 e. The first kappa shape index (κ1) is 14.5. The van der Waals surface area contributed by atoms with Gasteiger partial charge in [-0.05, 0) is 43.0 Å². The molecule has 0 saturated heterocycles. The molecule has 1 saturated carbocycles. The Morgan fingerprint density at radius 3 is 2.82 bits per heavy atom. The number of pyridine rings is 1. The van der Waals surface area contributed by atoms with Gasteiger partial charge in [-0.25, -0.2) is 0 Å². The van der Waals surface area contributed by atoms with E-state index < -0.39 is 5.97 Å². The van der Waals surface area contributed by atoms with Crippen LogP contribution in [0.4, 0.5) is 0 Å². The summed E-state index contributed by atoms with van der Waals surface area (Å²) in [6, 6.07) is 9.17. The summed E-state index contributed by atoms with van der Waals surface area (Å²) in [6.07, 6.45) is 3.95. The van der Waals surface area contributed by atoms with Crippen molar-refractivity contribution in [3.63, 3.8) is 0 Å². The van der Waals surface area contributed by atoms with E-state index in [1.54, 1.807) is 17.2 Å². The number of aliphatic carboxylic acids is 1. The van der Waals surface area contributed by atoms with Crippen LogP contribution in [0.25, 0.3) is 10.9 Å². The van der Waals surface area contributed by atoms with Crippen molar-refractivity contribution >= 4 is 22.8 Å². The number of hydrogen-bond acceptors (Lipinski definition) is 3. The topological polar surface area (TPSA) is 70.5 Å². The van der Waals surface area contributed by atoms with Crippen LogP contribution in [0.1, 0.15) is 29.6 Å². The van der Waals surface area contributed by atoms with Crippen LogP contribution in [0.3, 0.4) is 0 Å². The zero-order valence-corrected chi connectivity index (χ0v) is 12.2. The molecule has 0 unspecified atom stereocenters. The zero-order valence-electron chi connectivity index (χ0n) is 12.2. The molecule has 0 spiro atoms. The fourth-order valence-corrected chi connectivity index (χ4v) is 2.51. The van der Waals surface area contributed by atoms with Crippen LogP contribution >= 0.6 is 0 Å². The third-order valence-electron chi connectivity index (χ3n) is 3.91. The molecular formula is C17H18N2O3. The summed E-state index contributed by atoms with van der Waals surface area (Å²) < 4.78 is 0. The number of carbonyl (C=O) groups excluding carboxylic acids is 1. The number of hydrogen-bond donors (Lipinski definition) is 1. The first-order valence-corrected chi connectivity index (χ1v) is 7.49. The van der Waals surface area contributed by atoms with Crippen LogP contribution in [0, 0.1) is 5.92 Å². The van der Waals surface area contributed by atoms with Gasteiger partial charge in [-0.15, -0.1) is 0 Å². The van der Waals surface area contributed by atoms with Gasteiger partial charge in [0, 0.05) is 30.2 Å². The summed E-state index contributed by atoms with van der Waals surface area (Å²) in [5.41, 5.74) is 1.44. The number of amides is 1. The minimum absolute atomic E-state index is 0.0202. The van der Waals surface area contributed by atoms with Gasteiger partial charge < -0.3 is 10.0 Å². The summed E-state index contributed by atoms with van der Waals surface area (Å²) in [6.45, 7) is 0.910. The third-order valence-corrected chi connectivity index (χ3v) is 3.91. The van der Waals surface area contributed by atoms with Gasteiger partial charge in [0.15, 0.2) is 0 Å². The zero-order chi connectivity index (χ0) is 15.5. The number of carbonyl (C=O) groups is 2. The van der Waals surface area contributed by atoms with Gasteiger partial charge in [-0.1, -0.05) is 6.07 Å². The lowest BCUT2D eigenvalue weighted by Gasteiger charge is -2.22. The molecule has 1 aliphatic rings. The van der Waals surface area contributed by atoms with E-state index in [-0.39, 0.29) is 18.9 Å². The smallest absolute Gasteiger partial charge is 0.305 e. The Morgan fingerprint density at radius 1 is 1.27 bits per heavy atom. The van der Waals surface area contributed by atoms with Gasteiger partial charge in [0.05, 0.1) is 11.9 Å². The van der Waals surface area contributed by atoms with E-state index in [4.69, 9.17) is 5.11 Å². The van der Waals surface area contributed by atoms with E-state index >= 15 is 0 Å². The second-order valence-electron chi connectivity index (χ2n) is 5.75. The van der Waals surface area contributed by atoms with Crippen LogP contribution in [-0.2, 0) is 4.79 Å². The van der Waals surface area contributed by atoms with Crippen LogP contribution in [0.15, 0.2) is 36.5 Å². The van der Waals surface area contributed by atoms with E-state index in [0.717, 1.165) is 23.7 Å². The standard InChI is InChI=1S/C17H18N2O3/c20-16(21)7-9-19(11-12-3-4-12)17(22)14-5-6-15-13(10-14)2-1-8-18-15/h1-2,5-6,8,10,12H,3-4,7,9,11H2,(H,20,21). The van der Waals surface area contributed by atoms with Gasteiger partial charge in [0.25, 0.3) is 5.91 Å². The highest BCUT2D eigenvalue weighted by atomic mass is 16.4. The third kappa shape index (κ3) is 3.42. The van der Waals surface area contributed by atoms with E-state index in [2.05, 4.69) is 4.98 Å². The van der Waals surface area contributed by atoms with Crippen molar-refractivity contribution in [1.82, 2.24) is 9.88 Å². The maximum Gasteiger partial charge on any atom is 0.305 e. The van der Waals surface area contributed by atoms with Gasteiger partial charge in [-0.3, -0.25) is 14.6 Å². The fraction of sp³-hybridized carbons (Fsp3) is 0.353. The molecule has 2 aromatic rings. The number of carboxylic acid groups (broad SMARTS) is 1. The van der Waals surface area contributed by atoms with Gasteiger partial charge >= 0.3 is 5.97 Å². The molecule has 0 atom stereocenters. The molecule has 5 nitrogen and oxygen atoms in total. The lowest BCUT2D eigenvalue weighted by Crippen LogP contribution is -2.34. The van der Waals surface area contributed by atoms with Gasteiger partial charge in [0.2, 0.25) is 0 Å². The second kappa shape index (κ2) is 6.13. The van der Waals surface area contributed by atoms with Gasteiger partial charge in [0.1, 0.15) is 0 Å². The quantitative estimate of drug-likeness (QED) is 0.889. The predicted molar refractivity (Wildman–Crippen MR) is 82.6 cm³/mol. The van der Waals surface area contributed by atoms with Crippen molar-refractivity contribution in [3.05, 3.63) is 42.1 Å². The molecule has 1 fully saturated rings. The van der Waals surface area contributed by atoms with Crippen LogP contribution in [0.5, 0.6) is 0 Å². The summed E-state index contributed by atoms with van der Waals surface area (Å²) in [4.78, 5) is 29.4. The van der Waals surface area contributed by atoms with E-state index in [0.29, 0.717) is 18.0 Å². The number of carboxylic acids is 1. The first-order valence-electron chi connectivity index (χ1n) is 7.49. The van der Waals surface area contributed by atoms with Crippen LogP contribution < -0.4 is 0 Å². The Hall–Kier alpha value is -2.43. The highest BCUT2D eigenvalue weighted by Crippen LogP contribution is 2.30. The Kier molecular flexibility index (Phi) is 4.04. The minimum atomic E-state index is -0.878. The Labute approximate surface area is 128 Å². The number of aromatic nitrogens is 1. The van der Waals surface area contributed by atoms with Crippen molar-refractivity contribution in [1.29, 1.82) is 0 Å². The molecule has 0 radical (unpaired) electrons. The van der Waals surface area contributed by atoms with Crippen molar-refractivity contribution in [2.45, 2.75) is 19.3 Å². The molecule has 0 aliphatic heterocycles. The van der Waals surface area contributed by atoms with E-state index in [1.807, 2.05) is 24.3 Å². The lowest BCUT2D eigenvalue weighted by atomic mass is 10.1. The maximum atomic E-state index is 12.7.